The molecule has 0 unspecified atom stereocenters. The van der Waals surface area contributed by atoms with Gasteiger partial charge in [-0.25, -0.2) is 0 Å². The van der Waals surface area contributed by atoms with Crippen LogP contribution in [0.4, 0.5) is 0 Å². The molecule has 0 saturated heterocycles. The van der Waals surface area contributed by atoms with E-state index in [4.69, 9.17) is 5.73 Å². The van der Waals surface area contributed by atoms with E-state index < -0.39 is 0 Å². The maximum atomic E-state index is 10.6. The van der Waals surface area contributed by atoms with Crippen LogP contribution in [0.25, 0.3) is 0 Å². The summed E-state index contributed by atoms with van der Waals surface area (Å²) in [5, 5.41) is 0. The monoisotopic (exact) mass is 326 g/mol. The molecular formula is C12H26N2O4S2. The molecule has 0 radical (unpaired) electrons. The molecule has 0 amide bonds. The van der Waals surface area contributed by atoms with Crippen molar-refractivity contribution in [1.82, 2.24) is 4.90 Å². The number of methoxy groups -OCH3 is 2. The van der Waals surface area contributed by atoms with E-state index in [2.05, 4.69) is 14.4 Å². The van der Waals surface area contributed by atoms with Crippen LogP contribution in [0, 0.1) is 0 Å². The van der Waals surface area contributed by atoms with Crippen molar-refractivity contribution in [3.63, 3.8) is 0 Å². The molecule has 2 N–H and O–H groups in total. The van der Waals surface area contributed by atoms with Gasteiger partial charge in [-0.1, -0.05) is 0 Å². The van der Waals surface area contributed by atoms with Gasteiger partial charge >= 0.3 is 11.9 Å². The van der Waals surface area contributed by atoms with Crippen molar-refractivity contribution in [3.8, 4) is 0 Å². The molecular weight excluding hydrogens is 300 g/mol. The van der Waals surface area contributed by atoms with Crippen LogP contribution in [-0.4, -0.2) is 81.3 Å². The third kappa shape index (κ3) is 19.9. The summed E-state index contributed by atoms with van der Waals surface area (Å²) in [5.74, 6) is 2.33. The Morgan fingerprint density at radius 3 is 1.80 bits per heavy atom. The van der Waals surface area contributed by atoms with Gasteiger partial charge in [0.05, 0.1) is 25.7 Å². The summed E-state index contributed by atoms with van der Waals surface area (Å²) in [5.41, 5.74) is 5.18. The summed E-state index contributed by atoms with van der Waals surface area (Å²) in [4.78, 5) is 23.1. The molecule has 20 heavy (non-hydrogen) atoms. The third-order valence-corrected chi connectivity index (χ3v) is 3.72. The second-order valence-corrected chi connectivity index (χ2v) is 6.06. The Labute approximate surface area is 130 Å². The van der Waals surface area contributed by atoms with Gasteiger partial charge in [0.15, 0.2) is 0 Å². The first-order chi connectivity index (χ1) is 9.47. The summed E-state index contributed by atoms with van der Waals surface area (Å²) in [6.45, 7) is 1.61. The fraction of sp³-hybridized carbons (Fsp3) is 0.833. The zero-order chi connectivity index (χ0) is 15.8. The highest BCUT2D eigenvalue weighted by Gasteiger charge is 1.99. The summed E-state index contributed by atoms with van der Waals surface area (Å²) >= 11 is 3.08. The number of carbonyl (C=O) groups excluding carboxylic acids is 2. The molecule has 0 aliphatic carbocycles. The molecule has 120 valence electrons. The maximum absolute atomic E-state index is 10.6. The molecule has 0 aromatic heterocycles. The van der Waals surface area contributed by atoms with Crippen LogP contribution in [0.1, 0.15) is 0 Å². The summed E-state index contributed by atoms with van der Waals surface area (Å²) in [6, 6.07) is 0. The second kappa shape index (κ2) is 16.6. The second-order valence-electron chi connectivity index (χ2n) is 3.85. The van der Waals surface area contributed by atoms with Crippen LogP contribution >= 0.6 is 23.5 Å². The molecule has 6 nitrogen and oxygen atoms in total. The standard InChI is InChI=1S/C7H15NO2S.C5H11NO2S/c1-8(2)4-5-11-6-7(9)10-3;1-8-5(7)4-9-3-2-6/h4-6H2,1-3H3;2-4,6H2,1H3. The van der Waals surface area contributed by atoms with Gasteiger partial charge in [0.25, 0.3) is 0 Å². The summed E-state index contributed by atoms with van der Waals surface area (Å²) < 4.78 is 8.88. The van der Waals surface area contributed by atoms with Gasteiger partial charge in [-0.3, -0.25) is 9.59 Å². The Morgan fingerprint density at radius 1 is 1.00 bits per heavy atom. The van der Waals surface area contributed by atoms with Crippen molar-refractivity contribution in [3.05, 3.63) is 0 Å². The molecule has 0 spiro atoms. The fourth-order valence-electron chi connectivity index (χ4n) is 0.759. The molecule has 0 aliphatic rings. The number of hydrogen-bond donors (Lipinski definition) is 1. The Hall–Kier alpha value is -0.440. The van der Waals surface area contributed by atoms with E-state index in [0.717, 1.165) is 18.1 Å². The van der Waals surface area contributed by atoms with Gasteiger partial charge in [-0.15, -0.1) is 23.5 Å². The van der Waals surface area contributed by atoms with Crippen molar-refractivity contribution in [1.29, 1.82) is 0 Å². The summed E-state index contributed by atoms with van der Waals surface area (Å²) in [7, 11) is 6.82. The van der Waals surface area contributed by atoms with Crippen molar-refractivity contribution < 1.29 is 19.1 Å². The highest BCUT2D eigenvalue weighted by Crippen LogP contribution is 1.99. The van der Waals surface area contributed by atoms with Gasteiger partial charge < -0.3 is 20.1 Å². The molecule has 0 saturated carbocycles. The number of hydrogen-bond acceptors (Lipinski definition) is 8. The molecule has 8 heteroatoms. The minimum atomic E-state index is -0.187. The minimum Gasteiger partial charge on any atom is -0.468 e. The number of thioether (sulfide) groups is 2. The zero-order valence-electron chi connectivity index (χ0n) is 12.7. The molecule has 0 aliphatic heterocycles. The third-order valence-electron chi connectivity index (χ3n) is 1.84. The molecule has 0 fully saturated rings. The van der Waals surface area contributed by atoms with Crippen LogP contribution in [0.3, 0.4) is 0 Å². The lowest BCUT2D eigenvalue weighted by molar-refractivity contribution is -0.138. The normalized spacial score (nSPS) is 9.70. The average Bonchev–Trinajstić information content (AvgIpc) is 2.43. The van der Waals surface area contributed by atoms with Gasteiger partial charge in [-0.2, -0.15) is 0 Å². The van der Waals surface area contributed by atoms with Crippen LogP contribution in [0.5, 0.6) is 0 Å². The smallest absolute Gasteiger partial charge is 0.315 e. The molecule has 0 heterocycles. The largest absolute Gasteiger partial charge is 0.468 e. The number of rotatable bonds is 9. The Kier molecular flexibility index (Phi) is 18.2. The van der Waals surface area contributed by atoms with Crippen LogP contribution in [-0.2, 0) is 19.1 Å². The zero-order valence-corrected chi connectivity index (χ0v) is 14.3. The lowest BCUT2D eigenvalue weighted by Crippen LogP contribution is -2.16. The molecule has 0 aromatic carbocycles. The predicted octanol–water partition coefficient (Wildman–Crippen LogP) is 0.306. The Morgan fingerprint density at radius 2 is 1.45 bits per heavy atom. The summed E-state index contributed by atoms with van der Waals surface area (Å²) in [6.07, 6.45) is 0. The molecule has 0 bridgehead atoms. The van der Waals surface area contributed by atoms with E-state index in [-0.39, 0.29) is 11.9 Å². The topological polar surface area (TPSA) is 81.9 Å². The lowest BCUT2D eigenvalue weighted by atomic mass is 10.7. The van der Waals surface area contributed by atoms with Crippen molar-refractivity contribution in [2.45, 2.75) is 0 Å². The van der Waals surface area contributed by atoms with Crippen molar-refractivity contribution >= 4 is 35.5 Å². The first-order valence-electron chi connectivity index (χ1n) is 6.11. The average molecular weight is 326 g/mol. The SMILES string of the molecule is COC(=O)CSCCN.COC(=O)CSCCN(C)C. The van der Waals surface area contributed by atoms with E-state index in [0.29, 0.717) is 18.1 Å². The molecule has 0 aromatic rings. The van der Waals surface area contributed by atoms with Gasteiger partial charge in [-0.05, 0) is 14.1 Å². The van der Waals surface area contributed by atoms with Crippen LogP contribution in [0.2, 0.25) is 0 Å². The van der Waals surface area contributed by atoms with E-state index in [9.17, 15) is 9.59 Å². The highest BCUT2D eigenvalue weighted by molar-refractivity contribution is 8.00. The number of nitrogens with zero attached hydrogens (tertiary/aromatic N) is 1. The molecule has 0 atom stereocenters. The highest BCUT2D eigenvalue weighted by atomic mass is 32.2. The predicted molar refractivity (Wildman–Crippen MR) is 86.3 cm³/mol. The Balaban J connectivity index is 0. The van der Waals surface area contributed by atoms with E-state index in [1.54, 1.807) is 11.8 Å². The van der Waals surface area contributed by atoms with Crippen molar-refractivity contribution in [2.24, 2.45) is 5.73 Å². The number of esters is 2. The van der Waals surface area contributed by atoms with E-state index in [1.807, 2.05) is 14.1 Å². The molecule has 0 rings (SSSR count). The van der Waals surface area contributed by atoms with Gasteiger partial charge in [0, 0.05) is 24.6 Å². The quantitative estimate of drug-likeness (QED) is 0.479. The van der Waals surface area contributed by atoms with Crippen LogP contribution in [0.15, 0.2) is 0 Å². The van der Waals surface area contributed by atoms with E-state index in [1.165, 1.54) is 26.0 Å². The first kappa shape index (κ1) is 21.9. The number of ether oxygens (including phenoxy) is 2. The minimum absolute atomic E-state index is 0.145. The Bertz CT molecular complexity index is 254. The lowest BCUT2D eigenvalue weighted by Gasteiger charge is -2.07. The van der Waals surface area contributed by atoms with Gasteiger partial charge in [0.2, 0.25) is 0 Å². The fourth-order valence-corrected chi connectivity index (χ4v) is 2.28. The van der Waals surface area contributed by atoms with Gasteiger partial charge in [0.1, 0.15) is 0 Å². The first-order valence-corrected chi connectivity index (χ1v) is 8.42. The van der Waals surface area contributed by atoms with Crippen LogP contribution < -0.4 is 5.73 Å². The number of nitrogens with two attached hydrogens (primary N) is 1. The maximum Gasteiger partial charge on any atom is 0.315 e. The van der Waals surface area contributed by atoms with Crippen molar-refractivity contribution in [2.75, 3.05) is 64.4 Å². The number of carbonyl (C=O) groups is 2. The van der Waals surface area contributed by atoms with E-state index >= 15 is 0 Å².